The van der Waals surface area contributed by atoms with E-state index in [1.165, 1.54) is 0 Å². The van der Waals surface area contributed by atoms with Gasteiger partial charge in [0, 0.05) is 6.04 Å². The van der Waals surface area contributed by atoms with Crippen LogP contribution in [0, 0.1) is 16.7 Å². The normalized spacial score (nSPS) is 15.7. The van der Waals surface area contributed by atoms with Crippen LogP contribution < -0.4 is 4.72 Å². The van der Waals surface area contributed by atoms with E-state index in [2.05, 4.69) is 4.72 Å². The number of carbonyl (C=O) groups is 1. The summed E-state index contributed by atoms with van der Waals surface area (Å²) in [5.74, 6) is -1.08. The van der Waals surface area contributed by atoms with Gasteiger partial charge in [-0.1, -0.05) is 27.7 Å². The van der Waals surface area contributed by atoms with Gasteiger partial charge in [-0.15, -0.1) is 0 Å². The second-order valence-corrected chi connectivity index (χ2v) is 7.10. The summed E-state index contributed by atoms with van der Waals surface area (Å²) < 4.78 is 26.1. The number of rotatable bonds is 6. The zero-order valence-electron chi connectivity index (χ0n) is 11.1. The molecule has 2 N–H and O–H groups in total. The van der Waals surface area contributed by atoms with Crippen LogP contribution in [0.1, 0.15) is 40.5 Å². The number of aliphatic carboxylic acids is 1. The Morgan fingerprint density at radius 3 is 2.22 bits per heavy atom. The molecule has 0 aliphatic rings. The Balaban J connectivity index is 5.12. The Morgan fingerprint density at radius 1 is 1.44 bits per heavy atom. The predicted octanol–water partition coefficient (Wildman–Crippen LogP) is 1.10. The third kappa shape index (κ3) is 5.02. The molecule has 2 atom stereocenters. The lowest BCUT2D eigenvalue weighted by Gasteiger charge is -2.30. The van der Waals surface area contributed by atoms with Crippen molar-refractivity contribution in [2.24, 2.45) is 5.41 Å². The molecule has 0 amide bonds. The fourth-order valence-electron chi connectivity index (χ4n) is 1.36. The molecule has 0 heterocycles. The molecule has 104 valence electrons. The van der Waals surface area contributed by atoms with Gasteiger partial charge in [0.15, 0.2) is 5.25 Å². The van der Waals surface area contributed by atoms with E-state index in [0.717, 1.165) is 0 Å². The van der Waals surface area contributed by atoms with Crippen LogP contribution in [0.15, 0.2) is 0 Å². The number of nitrogens with zero attached hydrogens (tertiary/aromatic N) is 1. The predicted molar refractivity (Wildman–Crippen MR) is 67.2 cm³/mol. The smallest absolute Gasteiger partial charge is 0.304 e. The number of hydrogen-bond acceptors (Lipinski definition) is 4. The third-order valence-electron chi connectivity index (χ3n) is 2.62. The lowest BCUT2D eigenvalue weighted by Crippen LogP contribution is -2.47. The molecule has 18 heavy (non-hydrogen) atoms. The molecule has 0 aliphatic heterocycles. The van der Waals surface area contributed by atoms with E-state index in [9.17, 15) is 13.2 Å². The van der Waals surface area contributed by atoms with Gasteiger partial charge in [-0.2, -0.15) is 5.26 Å². The van der Waals surface area contributed by atoms with Crippen molar-refractivity contribution in [2.45, 2.75) is 51.8 Å². The first-order valence-corrected chi connectivity index (χ1v) is 7.21. The molecule has 6 nitrogen and oxygen atoms in total. The molecule has 0 aliphatic carbocycles. The van der Waals surface area contributed by atoms with E-state index in [-0.39, 0.29) is 12.8 Å². The Morgan fingerprint density at radius 2 is 1.94 bits per heavy atom. The van der Waals surface area contributed by atoms with E-state index in [4.69, 9.17) is 10.4 Å². The molecule has 2 unspecified atom stereocenters. The molecule has 0 radical (unpaired) electrons. The maximum atomic E-state index is 11.9. The van der Waals surface area contributed by atoms with Gasteiger partial charge in [-0.05, 0) is 11.8 Å². The SMILES string of the molecule is CCC(C#N)S(=O)(=O)NC(CC(=O)O)C(C)(C)C. The van der Waals surface area contributed by atoms with Gasteiger partial charge in [0.25, 0.3) is 0 Å². The molecule has 0 fully saturated rings. The Bertz CT molecular complexity index is 431. The van der Waals surface area contributed by atoms with Crippen LogP contribution >= 0.6 is 0 Å². The van der Waals surface area contributed by atoms with Gasteiger partial charge >= 0.3 is 5.97 Å². The molecule has 0 rings (SSSR count). The van der Waals surface area contributed by atoms with Crippen molar-refractivity contribution in [3.05, 3.63) is 0 Å². The second-order valence-electron chi connectivity index (χ2n) is 5.21. The largest absolute Gasteiger partial charge is 0.481 e. The molecule has 0 saturated heterocycles. The summed E-state index contributed by atoms with van der Waals surface area (Å²) in [7, 11) is -3.82. The summed E-state index contributed by atoms with van der Waals surface area (Å²) in [5.41, 5.74) is -0.542. The summed E-state index contributed by atoms with van der Waals surface area (Å²) >= 11 is 0. The zero-order chi connectivity index (χ0) is 14.6. The van der Waals surface area contributed by atoms with E-state index in [1.54, 1.807) is 33.8 Å². The van der Waals surface area contributed by atoms with Gasteiger partial charge in [0.2, 0.25) is 10.0 Å². The highest BCUT2D eigenvalue weighted by atomic mass is 32.2. The molecular weight excluding hydrogens is 256 g/mol. The van der Waals surface area contributed by atoms with Gasteiger partial charge in [-0.25, -0.2) is 13.1 Å². The summed E-state index contributed by atoms with van der Waals surface area (Å²) in [6, 6.07) is 0.956. The number of nitriles is 1. The number of carboxylic acids is 1. The number of nitrogens with one attached hydrogen (secondary N) is 1. The number of sulfonamides is 1. The van der Waals surface area contributed by atoms with Gasteiger partial charge in [-0.3, -0.25) is 4.79 Å². The first-order valence-electron chi connectivity index (χ1n) is 5.67. The second kappa shape index (κ2) is 6.16. The summed E-state index contributed by atoms with van der Waals surface area (Å²) in [6.07, 6.45) is -0.152. The first kappa shape index (κ1) is 16.9. The van der Waals surface area contributed by atoms with Crippen molar-refractivity contribution >= 4 is 16.0 Å². The summed E-state index contributed by atoms with van der Waals surface area (Å²) in [6.45, 7) is 6.83. The standard InChI is InChI=1S/C11H20N2O4S/c1-5-8(7-12)18(16,17)13-9(6-10(14)15)11(2,3)4/h8-9,13H,5-6H2,1-4H3,(H,14,15). The lowest BCUT2D eigenvalue weighted by molar-refractivity contribution is -0.138. The quantitative estimate of drug-likeness (QED) is 0.755. The van der Waals surface area contributed by atoms with Gasteiger partial charge < -0.3 is 5.11 Å². The van der Waals surface area contributed by atoms with Crippen LogP contribution in [0.25, 0.3) is 0 Å². The molecule has 0 aromatic rings. The van der Waals surface area contributed by atoms with Gasteiger partial charge in [0.1, 0.15) is 0 Å². The average Bonchev–Trinajstić information content (AvgIpc) is 2.15. The first-order chi connectivity index (χ1) is 8.04. The van der Waals surface area contributed by atoms with E-state index in [1.807, 2.05) is 0 Å². The fraction of sp³-hybridized carbons (Fsp3) is 0.818. The molecule has 7 heteroatoms. The van der Waals surface area contributed by atoms with Crippen LogP contribution in [0.5, 0.6) is 0 Å². The third-order valence-corrected chi connectivity index (χ3v) is 4.42. The minimum Gasteiger partial charge on any atom is -0.481 e. The summed E-state index contributed by atoms with van der Waals surface area (Å²) in [4.78, 5) is 10.8. The molecular formula is C11H20N2O4S. The zero-order valence-corrected chi connectivity index (χ0v) is 11.9. The molecule has 0 aromatic heterocycles. The van der Waals surface area contributed by atoms with Crippen LogP contribution in [-0.4, -0.2) is 30.8 Å². The van der Waals surface area contributed by atoms with Crippen LogP contribution in [-0.2, 0) is 14.8 Å². The Labute approximate surface area is 108 Å². The van der Waals surface area contributed by atoms with E-state index >= 15 is 0 Å². The Kier molecular flexibility index (Phi) is 5.77. The molecule has 0 spiro atoms. The lowest BCUT2D eigenvalue weighted by atomic mass is 9.85. The van der Waals surface area contributed by atoms with E-state index < -0.39 is 32.7 Å². The van der Waals surface area contributed by atoms with Crippen molar-refractivity contribution in [2.75, 3.05) is 0 Å². The minimum atomic E-state index is -3.82. The average molecular weight is 276 g/mol. The number of carboxylic acid groups (broad SMARTS) is 1. The van der Waals surface area contributed by atoms with Crippen LogP contribution in [0.4, 0.5) is 0 Å². The highest BCUT2D eigenvalue weighted by Gasteiger charge is 2.33. The maximum absolute atomic E-state index is 11.9. The van der Waals surface area contributed by atoms with Crippen LogP contribution in [0.3, 0.4) is 0 Å². The monoisotopic (exact) mass is 276 g/mol. The minimum absolute atomic E-state index is 0.162. The maximum Gasteiger partial charge on any atom is 0.304 e. The van der Waals surface area contributed by atoms with E-state index in [0.29, 0.717) is 0 Å². The fourth-order valence-corrected chi connectivity index (χ4v) is 2.94. The van der Waals surface area contributed by atoms with Crippen molar-refractivity contribution in [3.63, 3.8) is 0 Å². The van der Waals surface area contributed by atoms with Crippen molar-refractivity contribution < 1.29 is 18.3 Å². The summed E-state index contributed by atoms with van der Waals surface area (Å²) in [5, 5.41) is 16.4. The Hall–Kier alpha value is -1.13. The van der Waals surface area contributed by atoms with Gasteiger partial charge in [0.05, 0.1) is 12.5 Å². The van der Waals surface area contributed by atoms with Crippen molar-refractivity contribution in [1.29, 1.82) is 5.26 Å². The molecule has 0 bridgehead atoms. The van der Waals surface area contributed by atoms with Crippen molar-refractivity contribution in [3.8, 4) is 6.07 Å². The molecule has 0 aromatic carbocycles. The number of hydrogen-bond donors (Lipinski definition) is 2. The van der Waals surface area contributed by atoms with Crippen LogP contribution in [0.2, 0.25) is 0 Å². The molecule has 0 saturated carbocycles. The highest BCUT2D eigenvalue weighted by molar-refractivity contribution is 7.90. The topological polar surface area (TPSA) is 107 Å². The highest BCUT2D eigenvalue weighted by Crippen LogP contribution is 2.23. The van der Waals surface area contributed by atoms with Crippen molar-refractivity contribution in [1.82, 2.24) is 4.72 Å².